The Morgan fingerprint density at radius 3 is 2.88 bits per heavy atom. The van der Waals surface area contributed by atoms with Crippen LogP contribution in [0.5, 0.6) is 0 Å². The zero-order valence-electron chi connectivity index (χ0n) is 9.42. The second-order valence-corrected chi connectivity index (χ2v) is 5.00. The average molecular weight is 290 g/mol. The summed E-state index contributed by atoms with van der Waals surface area (Å²) in [7, 11) is 0. The molecule has 2 heterocycles. The van der Waals surface area contributed by atoms with E-state index in [2.05, 4.69) is 45.0 Å². The molecule has 86 valence electrons. The Morgan fingerprint density at radius 1 is 1.29 bits per heavy atom. The average Bonchev–Trinajstić information content (AvgIpc) is 2.65. The molecule has 17 heavy (non-hydrogen) atoms. The van der Waals surface area contributed by atoms with Crippen LogP contribution in [0.3, 0.4) is 0 Å². The Balaban J connectivity index is 2.50. The summed E-state index contributed by atoms with van der Waals surface area (Å²) in [5.74, 6) is 0.582. The second kappa shape index (κ2) is 3.74. The molecule has 1 aromatic carbocycles. The summed E-state index contributed by atoms with van der Waals surface area (Å²) in [6.07, 6.45) is 0.871. The van der Waals surface area contributed by atoms with Crippen LogP contribution in [0.25, 0.3) is 21.8 Å². The van der Waals surface area contributed by atoms with Crippen LogP contribution < -0.4 is 5.73 Å². The normalized spacial score (nSPS) is 11.4. The molecule has 0 spiro atoms. The van der Waals surface area contributed by atoms with Gasteiger partial charge >= 0.3 is 0 Å². The molecule has 0 saturated heterocycles. The monoisotopic (exact) mass is 289 g/mol. The first-order valence-electron chi connectivity index (χ1n) is 5.55. The number of benzene rings is 1. The van der Waals surface area contributed by atoms with Crippen LogP contribution in [-0.2, 0) is 6.42 Å². The van der Waals surface area contributed by atoms with Gasteiger partial charge in [-0.1, -0.05) is 28.9 Å². The van der Waals surface area contributed by atoms with Crippen LogP contribution >= 0.6 is 15.9 Å². The molecule has 0 bridgehead atoms. The van der Waals surface area contributed by atoms with Gasteiger partial charge in [0, 0.05) is 20.8 Å². The molecule has 0 atom stereocenters. The highest BCUT2D eigenvalue weighted by atomic mass is 79.9. The second-order valence-electron chi connectivity index (χ2n) is 4.08. The molecule has 3 N–H and O–H groups in total. The van der Waals surface area contributed by atoms with E-state index in [-0.39, 0.29) is 0 Å². The van der Waals surface area contributed by atoms with Gasteiger partial charge in [0.25, 0.3) is 0 Å². The molecule has 0 amide bonds. The lowest BCUT2D eigenvalue weighted by Crippen LogP contribution is -1.95. The Kier molecular flexibility index (Phi) is 2.33. The number of hydrogen-bond donors (Lipinski definition) is 2. The molecular formula is C13H12BrN3. The van der Waals surface area contributed by atoms with Crippen LogP contribution in [0.15, 0.2) is 28.7 Å². The van der Waals surface area contributed by atoms with Gasteiger partial charge in [0.05, 0.1) is 11.2 Å². The zero-order chi connectivity index (χ0) is 12.0. The molecule has 3 rings (SSSR count). The maximum absolute atomic E-state index is 5.85. The number of aromatic amines is 1. The van der Waals surface area contributed by atoms with Crippen molar-refractivity contribution in [2.45, 2.75) is 13.3 Å². The lowest BCUT2D eigenvalue weighted by atomic mass is 10.1. The minimum Gasteiger partial charge on any atom is -0.384 e. The van der Waals surface area contributed by atoms with E-state index in [1.165, 1.54) is 5.39 Å². The fraction of sp³-hybridized carbons (Fsp3) is 0.154. The first-order chi connectivity index (χ1) is 8.19. The molecule has 4 heteroatoms. The number of rotatable bonds is 1. The van der Waals surface area contributed by atoms with Gasteiger partial charge < -0.3 is 10.7 Å². The third kappa shape index (κ3) is 1.60. The van der Waals surface area contributed by atoms with Crippen molar-refractivity contribution >= 4 is 43.6 Å². The third-order valence-electron chi connectivity index (χ3n) is 2.98. The number of pyridine rings is 1. The van der Waals surface area contributed by atoms with E-state index >= 15 is 0 Å². The molecule has 2 aromatic heterocycles. The quantitative estimate of drug-likeness (QED) is 0.719. The van der Waals surface area contributed by atoms with Gasteiger partial charge in [-0.15, -0.1) is 0 Å². The van der Waals surface area contributed by atoms with E-state index in [9.17, 15) is 0 Å². The SMILES string of the molecule is CCc1nc(N)cc2c1[nH]c1cc(Br)ccc12. The summed E-state index contributed by atoms with van der Waals surface area (Å²) in [5, 5.41) is 2.34. The first-order valence-corrected chi connectivity index (χ1v) is 6.34. The Hall–Kier alpha value is -1.55. The predicted molar refractivity (Wildman–Crippen MR) is 75.1 cm³/mol. The van der Waals surface area contributed by atoms with Crippen molar-refractivity contribution in [1.29, 1.82) is 0 Å². The van der Waals surface area contributed by atoms with Crippen LogP contribution in [-0.4, -0.2) is 9.97 Å². The van der Waals surface area contributed by atoms with Crippen molar-refractivity contribution in [3.63, 3.8) is 0 Å². The van der Waals surface area contributed by atoms with E-state index in [1.54, 1.807) is 0 Å². The molecule has 0 unspecified atom stereocenters. The zero-order valence-corrected chi connectivity index (χ0v) is 11.0. The number of hydrogen-bond acceptors (Lipinski definition) is 2. The van der Waals surface area contributed by atoms with Crippen molar-refractivity contribution < 1.29 is 0 Å². The first kappa shape index (κ1) is 10.6. The minimum absolute atomic E-state index is 0.582. The van der Waals surface area contributed by atoms with Crippen molar-refractivity contribution in [3.8, 4) is 0 Å². The fourth-order valence-corrected chi connectivity index (χ4v) is 2.58. The molecule has 0 fully saturated rings. The van der Waals surface area contributed by atoms with Crippen molar-refractivity contribution in [3.05, 3.63) is 34.4 Å². The van der Waals surface area contributed by atoms with Gasteiger partial charge in [0.1, 0.15) is 5.82 Å². The number of aromatic nitrogens is 2. The van der Waals surface area contributed by atoms with Crippen LogP contribution in [0.1, 0.15) is 12.6 Å². The van der Waals surface area contributed by atoms with E-state index in [0.717, 1.165) is 33.0 Å². The van der Waals surface area contributed by atoms with Gasteiger partial charge in [-0.3, -0.25) is 0 Å². The van der Waals surface area contributed by atoms with Crippen LogP contribution in [0.4, 0.5) is 5.82 Å². The van der Waals surface area contributed by atoms with Gasteiger partial charge in [0.2, 0.25) is 0 Å². The number of nitrogen functional groups attached to an aromatic ring is 1. The third-order valence-corrected chi connectivity index (χ3v) is 3.47. The topological polar surface area (TPSA) is 54.7 Å². The Bertz CT molecular complexity index is 715. The van der Waals surface area contributed by atoms with E-state index < -0.39 is 0 Å². The molecule has 0 radical (unpaired) electrons. The Labute approximate surface area is 107 Å². The molecular weight excluding hydrogens is 278 g/mol. The summed E-state index contributed by atoms with van der Waals surface area (Å²) >= 11 is 3.48. The van der Waals surface area contributed by atoms with Gasteiger partial charge in [-0.2, -0.15) is 0 Å². The maximum atomic E-state index is 5.85. The maximum Gasteiger partial charge on any atom is 0.124 e. The largest absolute Gasteiger partial charge is 0.384 e. The molecule has 0 aliphatic rings. The lowest BCUT2D eigenvalue weighted by molar-refractivity contribution is 1.06. The number of nitrogens with zero attached hydrogens (tertiary/aromatic N) is 1. The van der Waals surface area contributed by atoms with Gasteiger partial charge in [0.15, 0.2) is 0 Å². The Morgan fingerprint density at radius 2 is 2.12 bits per heavy atom. The summed E-state index contributed by atoms with van der Waals surface area (Å²) in [5.41, 5.74) is 9.07. The molecule has 0 saturated carbocycles. The number of aryl methyl sites for hydroxylation is 1. The highest BCUT2D eigenvalue weighted by Gasteiger charge is 2.09. The number of nitrogens with one attached hydrogen (secondary N) is 1. The van der Waals surface area contributed by atoms with Crippen molar-refractivity contribution in [2.75, 3.05) is 5.73 Å². The smallest absolute Gasteiger partial charge is 0.124 e. The highest BCUT2D eigenvalue weighted by molar-refractivity contribution is 9.10. The van der Waals surface area contributed by atoms with E-state index in [1.807, 2.05) is 12.1 Å². The molecule has 0 aliphatic heterocycles. The van der Waals surface area contributed by atoms with Crippen molar-refractivity contribution in [2.24, 2.45) is 0 Å². The number of fused-ring (bicyclic) bond motifs is 3. The van der Waals surface area contributed by atoms with Crippen LogP contribution in [0, 0.1) is 0 Å². The highest BCUT2D eigenvalue weighted by Crippen LogP contribution is 2.30. The number of anilines is 1. The van der Waals surface area contributed by atoms with E-state index in [0.29, 0.717) is 5.82 Å². The summed E-state index contributed by atoms with van der Waals surface area (Å²) in [6, 6.07) is 8.14. The lowest BCUT2D eigenvalue weighted by Gasteiger charge is -2.00. The van der Waals surface area contributed by atoms with Gasteiger partial charge in [-0.05, 0) is 24.6 Å². The number of H-pyrrole nitrogens is 1. The standard InChI is InChI=1S/C13H12BrN3/c1-2-10-13-9(6-12(15)16-10)8-4-3-7(14)5-11(8)17-13/h3-6,17H,2H2,1H3,(H2,15,16). The van der Waals surface area contributed by atoms with E-state index in [4.69, 9.17) is 5.73 Å². The molecule has 3 nitrogen and oxygen atoms in total. The van der Waals surface area contributed by atoms with Crippen molar-refractivity contribution in [1.82, 2.24) is 9.97 Å². The van der Waals surface area contributed by atoms with Crippen LogP contribution in [0.2, 0.25) is 0 Å². The molecule has 3 aromatic rings. The fourth-order valence-electron chi connectivity index (χ4n) is 2.22. The predicted octanol–water partition coefficient (Wildman–Crippen LogP) is 3.62. The van der Waals surface area contributed by atoms with Gasteiger partial charge in [-0.25, -0.2) is 4.98 Å². The summed E-state index contributed by atoms with van der Waals surface area (Å²) < 4.78 is 1.07. The summed E-state index contributed by atoms with van der Waals surface area (Å²) in [4.78, 5) is 7.79. The summed E-state index contributed by atoms with van der Waals surface area (Å²) in [6.45, 7) is 2.09. The number of nitrogens with two attached hydrogens (primary N) is 1. The molecule has 0 aliphatic carbocycles. The minimum atomic E-state index is 0.582. The number of halogens is 1.